The summed E-state index contributed by atoms with van der Waals surface area (Å²) < 4.78 is 18.0. The van der Waals surface area contributed by atoms with Crippen molar-refractivity contribution in [2.45, 2.75) is 19.9 Å². The van der Waals surface area contributed by atoms with Gasteiger partial charge in [0, 0.05) is 23.1 Å². The third-order valence-corrected chi connectivity index (χ3v) is 4.28. The number of hydrogen-bond donors (Lipinski definition) is 0. The number of fused-ring (bicyclic) bond motifs is 2. The summed E-state index contributed by atoms with van der Waals surface area (Å²) in [7, 11) is 1.61. The number of nitrogens with zero attached hydrogens (tertiary/aromatic N) is 2. The number of rotatable bonds is 3. The first kappa shape index (κ1) is 15.5. The lowest BCUT2D eigenvalue weighted by Crippen LogP contribution is -2.25. The lowest BCUT2D eigenvalue weighted by molar-refractivity contribution is 0.174. The minimum absolute atomic E-state index is 0.0257. The average molecular weight is 338 g/mol. The Morgan fingerprint density at radius 2 is 1.92 bits per heavy atom. The van der Waals surface area contributed by atoms with E-state index in [1.807, 2.05) is 50.2 Å². The van der Waals surface area contributed by atoms with Crippen LogP contribution in [0, 0.1) is 0 Å². The molecular weight excluding hydrogens is 320 g/mol. The second-order valence-electron chi connectivity index (χ2n) is 6.16. The highest BCUT2D eigenvalue weighted by molar-refractivity contribution is 5.95. The fourth-order valence-electron chi connectivity index (χ4n) is 3.12. The highest BCUT2D eigenvalue weighted by atomic mass is 16.7. The fraction of sp³-hybridized carbons (Fsp3) is 0.263. The Hall–Kier alpha value is -3.02. The molecule has 1 aliphatic heterocycles. The predicted molar refractivity (Wildman–Crippen MR) is 94.5 cm³/mol. The summed E-state index contributed by atoms with van der Waals surface area (Å²) in [6, 6.07) is 11.2. The van der Waals surface area contributed by atoms with Crippen molar-refractivity contribution in [1.29, 1.82) is 0 Å². The van der Waals surface area contributed by atoms with Gasteiger partial charge in [-0.2, -0.15) is 4.98 Å². The van der Waals surface area contributed by atoms with Gasteiger partial charge in [0.1, 0.15) is 5.75 Å². The second kappa shape index (κ2) is 5.81. The lowest BCUT2D eigenvalue weighted by Gasteiger charge is -2.16. The minimum Gasteiger partial charge on any atom is -0.497 e. The summed E-state index contributed by atoms with van der Waals surface area (Å²) in [6.45, 7) is 4.09. The molecule has 0 bridgehead atoms. The van der Waals surface area contributed by atoms with Crippen molar-refractivity contribution in [2.24, 2.45) is 0 Å². The van der Waals surface area contributed by atoms with E-state index in [1.165, 1.54) is 0 Å². The molecule has 25 heavy (non-hydrogen) atoms. The van der Waals surface area contributed by atoms with Crippen LogP contribution in [0.4, 0.5) is 0 Å². The quantitative estimate of drug-likeness (QED) is 0.732. The molecule has 0 saturated heterocycles. The second-order valence-corrected chi connectivity index (χ2v) is 6.16. The standard InChI is InChI=1S/C19H18N2O4/c1-11(2)21-15-9-17-16(24-10-25-17)8-14(15)18(20-19(21)22)12-5-4-6-13(7-12)23-3/h4-9,11H,10H2,1-3H3. The van der Waals surface area contributed by atoms with Crippen molar-refractivity contribution >= 4 is 10.9 Å². The Kier molecular flexibility index (Phi) is 3.60. The highest BCUT2D eigenvalue weighted by Gasteiger charge is 2.21. The van der Waals surface area contributed by atoms with Crippen LogP contribution in [0.3, 0.4) is 0 Å². The predicted octanol–water partition coefficient (Wildman–Crippen LogP) is 3.38. The van der Waals surface area contributed by atoms with Crippen LogP contribution in [0.1, 0.15) is 19.9 Å². The molecule has 2 aromatic carbocycles. The number of aromatic nitrogens is 2. The Morgan fingerprint density at radius 3 is 2.64 bits per heavy atom. The molecule has 6 nitrogen and oxygen atoms in total. The van der Waals surface area contributed by atoms with Gasteiger partial charge in [-0.05, 0) is 32.0 Å². The summed E-state index contributed by atoms with van der Waals surface area (Å²) in [4.78, 5) is 17.0. The van der Waals surface area contributed by atoms with Gasteiger partial charge >= 0.3 is 5.69 Å². The monoisotopic (exact) mass is 338 g/mol. The Bertz CT molecular complexity index is 1020. The van der Waals surface area contributed by atoms with Crippen LogP contribution in [0.5, 0.6) is 17.2 Å². The molecule has 0 radical (unpaired) electrons. The van der Waals surface area contributed by atoms with Crippen molar-refractivity contribution in [3.63, 3.8) is 0 Å². The van der Waals surface area contributed by atoms with Crippen LogP contribution in [-0.4, -0.2) is 23.5 Å². The zero-order valence-electron chi connectivity index (χ0n) is 14.3. The summed E-state index contributed by atoms with van der Waals surface area (Å²) in [5.41, 5.74) is 1.90. The molecular formula is C19H18N2O4. The van der Waals surface area contributed by atoms with E-state index in [4.69, 9.17) is 14.2 Å². The molecule has 0 unspecified atom stereocenters. The third kappa shape index (κ3) is 2.50. The maximum Gasteiger partial charge on any atom is 0.348 e. The van der Waals surface area contributed by atoms with Gasteiger partial charge in [0.05, 0.1) is 18.3 Å². The first-order valence-corrected chi connectivity index (χ1v) is 8.09. The molecule has 128 valence electrons. The van der Waals surface area contributed by atoms with Crippen molar-refractivity contribution in [1.82, 2.24) is 9.55 Å². The van der Waals surface area contributed by atoms with E-state index in [2.05, 4.69) is 4.98 Å². The van der Waals surface area contributed by atoms with Gasteiger partial charge in [-0.1, -0.05) is 12.1 Å². The molecule has 1 aliphatic rings. The first-order valence-electron chi connectivity index (χ1n) is 8.09. The molecule has 3 aromatic rings. The zero-order chi connectivity index (χ0) is 17.6. The van der Waals surface area contributed by atoms with Gasteiger partial charge in [-0.3, -0.25) is 4.57 Å². The van der Waals surface area contributed by atoms with Crippen molar-refractivity contribution in [3.05, 3.63) is 46.9 Å². The van der Waals surface area contributed by atoms with Gasteiger partial charge in [0.15, 0.2) is 11.5 Å². The van der Waals surface area contributed by atoms with Crippen molar-refractivity contribution in [2.75, 3.05) is 13.9 Å². The van der Waals surface area contributed by atoms with Gasteiger partial charge in [-0.25, -0.2) is 4.79 Å². The number of hydrogen-bond acceptors (Lipinski definition) is 5. The van der Waals surface area contributed by atoms with E-state index in [9.17, 15) is 4.79 Å². The van der Waals surface area contributed by atoms with Crippen LogP contribution >= 0.6 is 0 Å². The van der Waals surface area contributed by atoms with Crippen molar-refractivity contribution in [3.8, 4) is 28.5 Å². The van der Waals surface area contributed by atoms with Crippen LogP contribution in [0.2, 0.25) is 0 Å². The maximum absolute atomic E-state index is 12.7. The Morgan fingerprint density at radius 1 is 1.16 bits per heavy atom. The average Bonchev–Trinajstić information content (AvgIpc) is 3.06. The zero-order valence-corrected chi connectivity index (χ0v) is 14.3. The maximum atomic E-state index is 12.7. The summed E-state index contributed by atoms with van der Waals surface area (Å²) in [5.74, 6) is 2.01. The van der Waals surface area contributed by atoms with E-state index in [1.54, 1.807) is 11.7 Å². The van der Waals surface area contributed by atoms with Crippen LogP contribution in [0.15, 0.2) is 41.2 Å². The number of benzene rings is 2. The van der Waals surface area contributed by atoms with Crippen LogP contribution < -0.4 is 19.9 Å². The molecule has 2 heterocycles. The molecule has 0 aliphatic carbocycles. The van der Waals surface area contributed by atoms with E-state index in [-0.39, 0.29) is 18.5 Å². The molecule has 0 spiro atoms. The molecule has 0 amide bonds. The first-order chi connectivity index (χ1) is 12.1. The van der Waals surface area contributed by atoms with Gasteiger partial charge in [-0.15, -0.1) is 0 Å². The smallest absolute Gasteiger partial charge is 0.348 e. The largest absolute Gasteiger partial charge is 0.497 e. The van der Waals surface area contributed by atoms with E-state index < -0.39 is 0 Å². The van der Waals surface area contributed by atoms with Gasteiger partial charge in [0.25, 0.3) is 0 Å². The van der Waals surface area contributed by atoms with Crippen molar-refractivity contribution < 1.29 is 14.2 Å². The highest BCUT2D eigenvalue weighted by Crippen LogP contribution is 2.39. The molecule has 4 rings (SSSR count). The van der Waals surface area contributed by atoms with Gasteiger partial charge < -0.3 is 14.2 Å². The third-order valence-electron chi connectivity index (χ3n) is 4.28. The summed E-state index contributed by atoms with van der Waals surface area (Å²) in [5, 5.41) is 0.839. The molecule has 6 heteroatoms. The van der Waals surface area contributed by atoms with E-state index in [0.717, 1.165) is 16.5 Å². The van der Waals surface area contributed by atoms with Crippen LogP contribution in [0.25, 0.3) is 22.2 Å². The number of ether oxygens (including phenoxy) is 3. The molecule has 1 aromatic heterocycles. The van der Waals surface area contributed by atoms with Gasteiger partial charge in [0.2, 0.25) is 6.79 Å². The van der Waals surface area contributed by atoms with Crippen LogP contribution in [-0.2, 0) is 0 Å². The number of methoxy groups -OCH3 is 1. The molecule has 0 saturated carbocycles. The minimum atomic E-state index is -0.292. The molecule has 0 N–H and O–H groups in total. The van der Waals surface area contributed by atoms with E-state index in [0.29, 0.717) is 22.9 Å². The van der Waals surface area contributed by atoms with E-state index >= 15 is 0 Å². The Labute approximate surface area is 144 Å². The molecule has 0 atom stereocenters. The molecule has 0 fully saturated rings. The topological polar surface area (TPSA) is 62.6 Å². The Balaban J connectivity index is 2.08. The lowest BCUT2D eigenvalue weighted by atomic mass is 10.0. The normalized spacial score (nSPS) is 12.8. The summed E-state index contributed by atoms with van der Waals surface area (Å²) >= 11 is 0. The fourth-order valence-corrected chi connectivity index (χ4v) is 3.12. The SMILES string of the molecule is COc1cccc(-c2nc(=O)n(C(C)C)c3cc4c(cc23)OCO4)c1. The summed E-state index contributed by atoms with van der Waals surface area (Å²) in [6.07, 6.45) is 0.